The number of aromatic carboxylic acids is 1. The summed E-state index contributed by atoms with van der Waals surface area (Å²) in [6.07, 6.45) is 1.89. The molecule has 2 rings (SSSR count). The Hall–Kier alpha value is -1.81. The van der Waals surface area contributed by atoms with Crippen LogP contribution in [-0.2, 0) is 7.05 Å². The van der Waals surface area contributed by atoms with Gasteiger partial charge in [0.25, 0.3) is 0 Å². The third-order valence-electron chi connectivity index (χ3n) is 2.91. The number of aromatic nitrogens is 2. The van der Waals surface area contributed by atoms with Gasteiger partial charge in [0.1, 0.15) is 0 Å². The van der Waals surface area contributed by atoms with E-state index in [0.717, 1.165) is 16.8 Å². The molecule has 0 amide bonds. The first-order valence-electron chi connectivity index (χ1n) is 5.97. The first-order chi connectivity index (χ1) is 8.90. The molecule has 4 nitrogen and oxygen atoms in total. The highest BCUT2D eigenvalue weighted by Gasteiger charge is 2.16. The molecule has 0 aliphatic heterocycles. The van der Waals surface area contributed by atoms with Crippen LogP contribution in [0.2, 0.25) is 5.02 Å². The molecule has 0 spiro atoms. The van der Waals surface area contributed by atoms with Crippen LogP contribution in [0, 0.1) is 0 Å². The monoisotopic (exact) mass is 278 g/mol. The Morgan fingerprint density at radius 1 is 1.42 bits per heavy atom. The average molecular weight is 279 g/mol. The van der Waals surface area contributed by atoms with Crippen LogP contribution in [0.1, 0.15) is 35.8 Å². The van der Waals surface area contributed by atoms with Crippen molar-refractivity contribution in [1.29, 1.82) is 0 Å². The van der Waals surface area contributed by atoms with Gasteiger partial charge in [-0.1, -0.05) is 31.5 Å². The van der Waals surface area contributed by atoms with Crippen LogP contribution in [0.4, 0.5) is 0 Å². The predicted molar refractivity (Wildman–Crippen MR) is 74.7 cm³/mol. The van der Waals surface area contributed by atoms with Gasteiger partial charge < -0.3 is 5.11 Å². The van der Waals surface area contributed by atoms with Crippen molar-refractivity contribution < 1.29 is 9.90 Å². The lowest BCUT2D eigenvalue weighted by molar-refractivity contribution is 0.0697. The van der Waals surface area contributed by atoms with E-state index in [0.29, 0.717) is 0 Å². The number of rotatable bonds is 3. The van der Waals surface area contributed by atoms with Crippen LogP contribution < -0.4 is 0 Å². The molecule has 1 N–H and O–H groups in total. The van der Waals surface area contributed by atoms with Crippen molar-refractivity contribution >= 4 is 17.6 Å². The zero-order chi connectivity index (χ0) is 14.2. The van der Waals surface area contributed by atoms with Crippen molar-refractivity contribution in [1.82, 2.24) is 9.78 Å². The summed E-state index contributed by atoms with van der Waals surface area (Å²) in [4.78, 5) is 11.1. The fourth-order valence-corrected chi connectivity index (χ4v) is 2.21. The summed E-state index contributed by atoms with van der Waals surface area (Å²) >= 11 is 5.88. The van der Waals surface area contributed by atoms with E-state index < -0.39 is 5.97 Å². The van der Waals surface area contributed by atoms with Crippen molar-refractivity contribution in [3.63, 3.8) is 0 Å². The topological polar surface area (TPSA) is 55.1 Å². The number of aryl methyl sites for hydroxylation is 1. The van der Waals surface area contributed by atoms with E-state index in [1.165, 1.54) is 0 Å². The Balaban J connectivity index is 2.59. The lowest BCUT2D eigenvalue weighted by Gasteiger charge is -2.07. The van der Waals surface area contributed by atoms with Crippen LogP contribution in [0.15, 0.2) is 24.4 Å². The predicted octanol–water partition coefficient (Wildman–Crippen LogP) is 3.56. The SMILES string of the molecule is CC(C)c1nn(C)cc1-c1ccc(Cl)c(C(=O)O)c1. The molecule has 2 aromatic rings. The average Bonchev–Trinajstić information content (AvgIpc) is 2.71. The Morgan fingerprint density at radius 2 is 2.11 bits per heavy atom. The molecule has 0 aliphatic rings. The fourth-order valence-electron chi connectivity index (χ4n) is 2.01. The maximum atomic E-state index is 11.1. The van der Waals surface area contributed by atoms with Crippen molar-refractivity contribution in [2.24, 2.45) is 7.05 Å². The molecule has 0 saturated carbocycles. The number of hydrogen-bond donors (Lipinski definition) is 1. The highest BCUT2D eigenvalue weighted by atomic mass is 35.5. The lowest BCUT2D eigenvalue weighted by Crippen LogP contribution is -1.98. The minimum atomic E-state index is -1.03. The molecule has 1 aromatic carbocycles. The maximum Gasteiger partial charge on any atom is 0.337 e. The van der Waals surface area contributed by atoms with Gasteiger partial charge in [-0.2, -0.15) is 5.10 Å². The van der Waals surface area contributed by atoms with E-state index in [2.05, 4.69) is 18.9 Å². The molecule has 0 saturated heterocycles. The summed E-state index contributed by atoms with van der Waals surface area (Å²) in [6.45, 7) is 4.11. The van der Waals surface area contributed by atoms with E-state index in [1.54, 1.807) is 16.8 Å². The number of hydrogen-bond acceptors (Lipinski definition) is 2. The summed E-state index contributed by atoms with van der Waals surface area (Å²) in [5.41, 5.74) is 2.81. The second-order valence-electron chi connectivity index (χ2n) is 4.76. The van der Waals surface area contributed by atoms with Gasteiger partial charge in [0.2, 0.25) is 0 Å². The molecule has 0 bridgehead atoms. The van der Waals surface area contributed by atoms with Gasteiger partial charge in [-0.3, -0.25) is 4.68 Å². The lowest BCUT2D eigenvalue weighted by atomic mass is 9.99. The molecule has 0 aliphatic carbocycles. The number of halogens is 1. The Morgan fingerprint density at radius 3 is 2.68 bits per heavy atom. The molecular formula is C14H15ClN2O2. The summed E-state index contributed by atoms with van der Waals surface area (Å²) in [5.74, 6) is -0.762. The quantitative estimate of drug-likeness (QED) is 0.934. The highest BCUT2D eigenvalue weighted by Crippen LogP contribution is 2.30. The van der Waals surface area contributed by atoms with E-state index >= 15 is 0 Å². The number of nitrogens with zero attached hydrogens (tertiary/aromatic N) is 2. The number of carboxylic acids is 1. The summed E-state index contributed by atoms with van der Waals surface area (Å²) in [5, 5.41) is 13.8. The van der Waals surface area contributed by atoms with E-state index in [9.17, 15) is 4.79 Å². The van der Waals surface area contributed by atoms with Gasteiger partial charge in [0.15, 0.2) is 0 Å². The number of carboxylic acid groups (broad SMARTS) is 1. The zero-order valence-electron chi connectivity index (χ0n) is 11.0. The van der Waals surface area contributed by atoms with E-state index in [1.807, 2.05) is 19.3 Å². The molecular weight excluding hydrogens is 264 g/mol. The van der Waals surface area contributed by atoms with Gasteiger partial charge in [0.05, 0.1) is 16.3 Å². The molecule has 100 valence electrons. The van der Waals surface area contributed by atoms with Gasteiger partial charge in [0, 0.05) is 18.8 Å². The summed E-state index contributed by atoms with van der Waals surface area (Å²) in [7, 11) is 1.85. The maximum absolute atomic E-state index is 11.1. The molecule has 0 unspecified atom stereocenters. The first kappa shape index (κ1) is 13.6. The van der Waals surface area contributed by atoms with Crippen LogP contribution >= 0.6 is 11.6 Å². The van der Waals surface area contributed by atoms with Gasteiger partial charge in [-0.15, -0.1) is 0 Å². The molecule has 19 heavy (non-hydrogen) atoms. The Bertz CT molecular complexity index is 632. The Kier molecular flexibility index (Phi) is 3.62. The van der Waals surface area contributed by atoms with Crippen LogP contribution in [0.5, 0.6) is 0 Å². The van der Waals surface area contributed by atoms with E-state index in [-0.39, 0.29) is 16.5 Å². The minimum absolute atomic E-state index is 0.109. The van der Waals surface area contributed by atoms with Crippen LogP contribution in [0.25, 0.3) is 11.1 Å². The van der Waals surface area contributed by atoms with Crippen LogP contribution in [-0.4, -0.2) is 20.9 Å². The fraction of sp³-hybridized carbons (Fsp3) is 0.286. The number of carbonyl (C=O) groups is 1. The smallest absolute Gasteiger partial charge is 0.337 e. The van der Waals surface area contributed by atoms with Crippen molar-refractivity contribution in [3.05, 3.63) is 40.7 Å². The van der Waals surface area contributed by atoms with Crippen LogP contribution in [0.3, 0.4) is 0 Å². The largest absolute Gasteiger partial charge is 0.478 e. The summed E-state index contributed by atoms with van der Waals surface area (Å²) in [6, 6.07) is 5.02. The second kappa shape index (κ2) is 5.05. The second-order valence-corrected chi connectivity index (χ2v) is 5.16. The molecule has 0 fully saturated rings. The first-order valence-corrected chi connectivity index (χ1v) is 6.34. The van der Waals surface area contributed by atoms with Crippen molar-refractivity contribution in [2.45, 2.75) is 19.8 Å². The standard InChI is InChI=1S/C14H15ClN2O2/c1-8(2)13-11(7-17(3)16-13)9-4-5-12(15)10(6-9)14(18)19/h4-8H,1-3H3,(H,18,19). The zero-order valence-corrected chi connectivity index (χ0v) is 11.8. The molecule has 0 radical (unpaired) electrons. The minimum Gasteiger partial charge on any atom is -0.478 e. The molecule has 5 heteroatoms. The molecule has 0 atom stereocenters. The Labute approximate surface area is 116 Å². The third-order valence-corrected chi connectivity index (χ3v) is 3.24. The third kappa shape index (κ3) is 2.63. The highest BCUT2D eigenvalue weighted by molar-refractivity contribution is 6.33. The van der Waals surface area contributed by atoms with E-state index in [4.69, 9.17) is 16.7 Å². The van der Waals surface area contributed by atoms with Gasteiger partial charge in [-0.05, 0) is 23.6 Å². The summed E-state index contributed by atoms with van der Waals surface area (Å²) < 4.78 is 1.74. The molecule has 1 heterocycles. The molecule has 1 aromatic heterocycles. The van der Waals surface area contributed by atoms with Gasteiger partial charge in [-0.25, -0.2) is 4.79 Å². The van der Waals surface area contributed by atoms with Crippen molar-refractivity contribution in [3.8, 4) is 11.1 Å². The van der Waals surface area contributed by atoms with Gasteiger partial charge >= 0.3 is 5.97 Å². The number of benzene rings is 1. The van der Waals surface area contributed by atoms with Crippen molar-refractivity contribution in [2.75, 3.05) is 0 Å². The normalized spacial score (nSPS) is 11.0.